The van der Waals surface area contributed by atoms with Gasteiger partial charge in [-0.25, -0.2) is 22.5 Å². The molecule has 148 valence electrons. The molecule has 0 saturated heterocycles. The molecule has 3 rings (SSSR count). The van der Waals surface area contributed by atoms with Crippen LogP contribution in [0, 0.1) is 5.82 Å². The summed E-state index contributed by atoms with van der Waals surface area (Å²) in [6.45, 7) is 0. The fourth-order valence-electron chi connectivity index (χ4n) is 2.44. The van der Waals surface area contributed by atoms with Gasteiger partial charge in [-0.2, -0.15) is 18.3 Å². The van der Waals surface area contributed by atoms with Crippen molar-refractivity contribution < 1.29 is 30.7 Å². The largest absolute Gasteiger partial charge is 0.494 e. The Morgan fingerprint density at radius 3 is 2.32 bits per heavy atom. The van der Waals surface area contributed by atoms with E-state index in [9.17, 15) is 26.0 Å². The molecule has 6 nitrogen and oxygen atoms in total. The molecule has 2 aromatic heterocycles. The number of benzene rings is 1. The van der Waals surface area contributed by atoms with E-state index in [1.54, 1.807) is 0 Å². The first-order valence-electron chi connectivity index (χ1n) is 7.68. The van der Waals surface area contributed by atoms with Crippen molar-refractivity contribution in [1.29, 1.82) is 0 Å². The van der Waals surface area contributed by atoms with Crippen molar-refractivity contribution in [2.45, 2.75) is 11.1 Å². The third-order valence-electron chi connectivity index (χ3n) is 3.81. The molecule has 0 aliphatic rings. The van der Waals surface area contributed by atoms with Crippen molar-refractivity contribution >= 4 is 9.84 Å². The van der Waals surface area contributed by atoms with Crippen molar-refractivity contribution in [3.05, 3.63) is 54.1 Å². The van der Waals surface area contributed by atoms with Gasteiger partial charge in [-0.15, -0.1) is 0 Å². The van der Waals surface area contributed by atoms with E-state index in [1.165, 1.54) is 31.4 Å². The van der Waals surface area contributed by atoms with Gasteiger partial charge in [0.05, 0.1) is 17.7 Å². The van der Waals surface area contributed by atoms with Crippen LogP contribution in [-0.2, 0) is 16.0 Å². The minimum Gasteiger partial charge on any atom is -0.494 e. The van der Waals surface area contributed by atoms with E-state index in [0.717, 1.165) is 29.3 Å². The van der Waals surface area contributed by atoms with Gasteiger partial charge < -0.3 is 4.74 Å². The molecule has 0 amide bonds. The summed E-state index contributed by atoms with van der Waals surface area (Å²) in [5.74, 6) is -0.891. The van der Waals surface area contributed by atoms with Crippen molar-refractivity contribution in [3.8, 4) is 22.8 Å². The van der Waals surface area contributed by atoms with Crippen molar-refractivity contribution in [2.24, 2.45) is 0 Å². The summed E-state index contributed by atoms with van der Waals surface area (Å²) in [5.41, 5.74) is -1.17. The maximum absolute atomic E-state index is 14.0. The van der Waals surface area contributed by atoms with Gasteiger partial charge in [-0.3, -0.25) is 0 Å². The zero-order valence-electron chi connectivity index (χ0n) is 14.5. The average Bonchev–Trinajstić information content (AvgIpc) is 3.07. The van der Waals surface area contributed by atoms with E-state index < -0.39 is 27.5 Å². The Morgan fingerprint density at radius 1 is 1.11 bits per heavy atom. The van der Waals surface area contributed by atoms with Crippen LogP contribution >= 0.6 is 0 Å². The number of ether oxygens (including phenoxy) is 1. The quantitative estimate of drug-likeness (QED) is 0.610. The zero-order valence-corrected chi connectivity index (χ0v) is 15.3. The number of alkyl halides is 3. The van der Waals surface area contributed by atoms with Crippen LogP contribution in [0.25, 0.3) is 17.1 Å². The van der Waals surface area contributed by atoms with E-state index >= 15 is 0 Å². The Morgan fingerprint density at radius 2 is 1.82 bits per heavy atom. The number of pyridine rings is 1. The summed E-state index contributed by atoms with van der Waals surface area (Å²) in [6, 6.07) is 6.83. The van der Waals surface area contributed by atoms with Gasteiger partial charge in [-0.05, 0) is 36.4 Å². The van der Waals surface area contributed by atoms with Crippen LogP contribution in [0.2, 0.25) is 0 Å². The predicted molar refractivity (Wildman–Crippen MR) is 91.4 cm³/mol. The lowest BCUT2D eigenvalue weighted by Crippen LogP contribution is -2.08. The lowest BCUT2D eigenvalue weighted by molar-refractivity contribution is -0.141. The van der Waals surface area contributed by atoms with Crippen molar-refractivity contribution in [1.82, 2.24) is 14.8 Å². The molecule has 0 radical (unpaired) electrons. The molecule has 0 aliphatic carbocycles. The zero-order chi connectivity index (χ0) is 20.7. The number of methoxy groups -OCH3 is 1. The first-order valence-corrected chi connectivity index (χ1v) is 9.57. The molecule has 0 N–H and O–H groups in total. The number of aromatic nitrogens is 3. The van der Waals surface area contributed by atoms with Crippen LogP contribution in [0.3, 0.4) is 0 Å². The van der Waals surface area contributed by atoms with E-state index in [0.29, 0.717) is 0 Å². The summed E-state index contributed by atoms with van der Waals surface area (Å²) in [6.07, 6.45) is -2.75. The number of halogens is 4. The fraction of sp³-hybridized carbons (Fsp3) is 0.176. The Labute approximate surface area is 157 Å². The number of hydrogen-bond acceptors (Lipinski definition) is 5. The second kappa shape index (κ2) is 6.89. The van der Waals surface area contributed by atoms with Crippen LogP contribution in [-0.4, -0.2) is 36.5 Å². The molecule has 3 aromatic rings. The maximum atomic E-state index is 14.0. The second-order valence-electron chi connectivity index (χ2n) is 5.80. The summed E-state index contributed by atoms with van der Waals surface area (Å²) < 4.78 is 82.3. The maximum Gasteiger partial charge on any atom is 0.435 e. The van der Waals surface area contributed by atoms with Gasteiger partial charge in [0.25, 0.3) is 0 Å². The lowest BCUT2D eigenvalue weighted by Gasteiger charge is -2.09. The van der Waals surface area contributed by atoms with Crippen LogP contribution < -0.4 is 4.74 Å². The van der Waals surface area contributed by atoms with Crippen molar-refractivity contribution in [3.63, 3.8) is 0 Å². The molecular formula is C17H13F4N3O3S. The molecule has 28 heavy (non-hydrogen) atoms. The van der Waals surface area contributed by atoms with Crippen LogP contribution in [0.15, 0.2) is 47.5 Å². The van der Waals surface area contributed by atoms with Gasteiger partial charge in [0.15, 0.2) is 32.9 Å². The van der Waals surface area contributed by atoms with E-state index in [2.05, 4.69) is 10.1 Å². The molecule has 1 aromatic carbocycles. The number of sulfone groups is 1. The molecule has 0 bridgehead atoms. The van der Waals surface area contributed by atoms with Gasteiger partial charge in [-0.1, -0.05) is 0 Å². The lowest BCUT2D eigenvalue weighted by atomic mass is 10.1. The highest BCUT2D eigenvalue weighted by Gasteiger charge is 2.35. The molecule has 0 spiro atoms. The Kier molecular flexibility index (Phi) is 4.88. The molecule has 0 atom stereocenters. The highest BCUT2D eigenvalue weighted by molar-refractivity contribution is 7.90. The minimum absolute atomic E-state index is 0.0610. The molecule has 0 unspecified atom stereocenters. The molecule has 0 fully saturated rings. The molecule has 0 saturated carbocycles. The van der Waals surface area contributed by atoms with Gasteiger partial charge >= 0.3 is 6.18 Å². The number of nitrogens with zero attached hydrogens (tertiary/aromatic N) is 3. The van der Waals surface area contributed by atoms with E-state index in [1.807, 2.05) is 0 Å². The monoisotopic (exact) mass is 415 g/mol. The minimum atomic E-state index is -4.74. The molecule has 11 heteroatoms. The Hall–Kier alpha value is -2.95. The van der Waals surface area contributed by atoms with Gasteiger partial charge in [0, 0.05) is 18.0 Å². The summed E-state index contributed by atoms with van der Waals surface area (Å²) >= 11 is 0. The summed E-state index contributed by atoms with van der Waals surface area (Å²) in [5, 5.41) is 3.52. The number of rotatable bonds is 4. The SMILES string of the molecule is COc1ccc(-c2cc(C(F)(F)F)nn2-c2ccc(S(C)(=O)=O)cn2)cc1F. The fourth-order valence-corrected chi connectivity index (χ4v) is 3.00. The highest BCUT2D eigenvalue weighted by atomic mass is 32.2. The van der Waals surface area contributed by atoms with Crippen molar-refractivity contribution in [2.75, 3.05) is 13.4 Å². The topological polar surface area (TPSA) is 74.1 Å². The average molecular weight is 415 g/mol. The first-order chi connectivity index (χ1) is 13.0. The van der Waals surface area contributed by atoms with E-state index in [-0.39, 0.29) is 27.7 Å². The highest BCUT2D eigenvalue weighted by Crippen LogP contribution is 2.34. The van der Waals surface area contributed by atoms with Crippen LogP contribution in [0.4, 0.5) is 17.6 Å². The second-order valence-corrected chi connectivity index (χ2v) is 7.81. The molecular weight excluding hydrogens is 402 g/mol. The molecule has 2 heterocycles. The van der Waals surface area contributed by atoms with E-state index in [4.69, 9.17) is 4.74 Å². The van der Waals surface area contributed by atoms with Gasteiger partial charge in [0.2, 0.25) is 0 Å². The smallest absolute Gasteiger partial charge is 0.435 e. The van der Waals surface area contributed by atoms with Crippen LogP contribution in [0.5, 0.6) is 5.75 Å². The molecule has 0 aliphatic heterocycles. The third kappa shape index (κ3) is 3.84. The Balaban J connectivity index is 2.18. The number of hydrogen-bond donors (Lipinski definition) is 0. The standard InChI is InChI=1S/C17H13F4N3O3S/c1-27-14-5-3-10(7-12(14)18)13-8-15(17(19,20)21)23-24(13)16-6-4-11(9-22-16)28(2,25)26/h3-9H,1-2H3. The van der Waals surface area contributed by atoms with Crippen LogP contribution in [0.1, 0.15) is 5.69 Å². The Bertz CT molecular complexity index is 1120. The first kappa shape index (κ1) is 19.8. The predicted octanol–water partition coefficient (Wildman–Crippen LogP) is 3.50. The normalized spacial score (nSPS) is 12.2. The van der Waals surface area contributed by atoms with Gasteiger partial charge in [0.1, 0.15) is 0 Å². The summed E-state index contributed by atoms with van der Waals surface area (Å²) in [4.78, 5) is 3.79. The third-order valence-corrected chi connectivity index (χ3v) is 4.91. The summed E-state index contributed by atoms with van der Waals surface area (Å²) in [7, 11) is -2.27.